The van der Waals surface area contributed by atoms with Crippen LogP contribution < -0.4 is 14.8 Å². The third kappa shape index (κ3) is 17.6. The van der Waals surface area contributed by atoms with Crippen molar-refractivity contribution in [3.8, 4) is 5.75 Å². The van der Waals surface area contributed by atoms with Gasteiger partial charge in [-0.15, -0.1) is 0 Å². The number of carbonyl (C=O) groups is 1. The van der Waals surface area contributed by atoms with Crippen molar-refractivity contribution in [1.82, 2.24) is 0 Å². The molecule has 11 heteroatoms. The molecule has 2 aromatic carbocycles. The lowest BCUT2D eigenvalue weighted by Gasteiger charge is -2.14. The van der Waals surface area contributed by atoms with E-state index < -0.39 is 25.8 Å². The second kappa shape index (κ2) is 19.9. The summed E-state index contributed by atoms with van der Waals surface area (Å²) in [5.74, 6) is -0.0411. The standard InChI is InChI=1S/C24H41NO4S.C8H10ClNO2S/c1-5-6-7-8-9-10-11-12-13-14-17-30(27,28)19-21(3)24(26)25-22-15-16-23(29-4)20(2)18-22;1-6-5-7(3-4-8(6)9)10-13(2,11)12/h15-16,18,21H,5-14,17,19H2,1-4H3,(H,25,26);3-5,10H,1-2H3. The molecule has 0 aliphatic carbocycles. The summed E-state index contributed by atoms with van der Waals surface area (Å²) in [5.41, 5.74) is 2.94. The van der Waals surface area contributed by atoms with E-state index in [4.69, 9.17) is 16.3 Å². The Labute approximate surface area is 265 Å². The highest BCUT2D eigenvalue weighted by atomic mass is 35.5. The Hall–Kier alpha value is -2.30. The van der Waals surface area contributed by atoms with Crippen LogP contribution in [0.3, 0.4) is 0 Å². The van der Waals surface area contributed by atoms with Gasteiger partial charge in [0.1, 0.15) is 5.75 Å². The Bertz CT molecular complexity index is 1350. The number of amides is 1. The number of benzene rings is 2. The maximum absolute atomic E-state index is 12.4. The lowest BCUT2D eigenvalue weighted by Crippen LogP contribution is -2.28. The molecular weight excluding hydrogens is 608 g/mol. The monoisotopic (exact) mass is 658 g/mol. The molecule has 0 aliphatic rings. The molecule has 0 fully saturated rings. The maximum atomic E-state index is 12.4. The minimum atomic E-state index is -3.23. The van der Waals surface area contributed by atoms with E-state index in [1.807, 2.05) is 19.9 Å². The summed E-state index contributed by atoms with van der Waals surface area (Å²) in [6, 6.07) is 10.3. The number of aryl methyl sites for hydroxylation is 2. The first kappa shape index (κ1) is 38.7. The van der Waals surface area contributed by atoms with E-state index >= 15 is 0 Å². The topological polar surface area (TPSA) is 119 Å². The van der Waals surface area contributed by atoms with Gasteiger partial charge in [0.25, 0.3) is 0 Å². The Balaban J connectivity index is 0.000000589. The third-order valence-electron chi connectivity index (χ3n) is 6.88. The number of unbranched alkanes of at least 4 members (excludes halogenated alkanes) is 9. The fourth-order valence-electron chi connectivity index (χ4n) is 4.49. The fourth-order valence-corrected chi connectivity index (χ4v) is 6.89. The smallest absolute Gasteiger partial charge is 0.229 e. The Kier molecular flexibility index (Phi) is 17.9. The summed E-state index contributed by atoms with van der Waals surface area (Å²) in [6.45, 7) is 7.61. The quantitative estimate of drug-likeness (QED) is 0.157. The van der Waals surface area contributed by atoms with E-state index in [1.165, 1.54) is 44.9 Å². The summed E-state index contributed by atoms with van der Waals surface area (Å²) in [5, 5.41) is 3.43. The third-order valence-corrected chi connectivity index (χ3v) is 9.83. The van der Waals surface area contributed by atoms with Crippen LogP contribution in [0.5, 0.6) is 5.75 Å². The van der Waals surface area contributed by atoms with Crippen LogP contribution in [0.25, 0.3) is 0 Å². The second-order valence-corrected chi connectivity index (χ2v) is 15.6. The molecule has 0 aliphatic heterocycles. The van der Waals surface area contributed by atoms with Crippen LogP contribution in [0.15, 0.2) is 36.4 Å². The summed E-state index contributed by atoms with van der Waals surface area (Å²) in [7, 11) is -4.83. The minimum Gasteiger partial charge on any atom is -0.496 e. The fraction of sp³-hybridized carbons (Fsp3) is 0.594. The van der Waals surface area contributed by atoms with Gasteiger partial charge in [-0.3, -0.25) is 9.52 Å². The van der Waals surface area contributed by atoms with E-state index in [0.29, 0.717) is 22.8 Å². The van der Waals surface area contributed by atoms with Gasteiger partial charge < -0.3 is 10.1 Å². The molecule has 0 bridgehead atoms. The SMILES string of the molecule is CCCCCCCCCCCCS(=O)(=O)CC(C)C(=O)Nc1ccc(OC)c(C)c1.Cc1cc(NS(C)(=O)=O)ccc1Cl. The Morgan fingerprint density at radius 1 is 0.837 bits per heavy atom. The van der Waals surface area contributed by atoms with Crippen molar-refractivity contribution < 1.29 is 26.4 Å². The van der Waals surface area contributed by atoms with Crippen molar-refractivity contribution in [3.63, 3.8) is 0 Å². The zero-order chi connectivity index (χ0) is 32.5. The molecule has 2 N–H and O–H groups in total. The average molecular weight is 659 g/mol. The average Bonchev–Trinajstić information content (AvgIpc) is 2.91. The number of methoxy groups -OCH3 is 1. The molecule has 43 heavy (non-hydrogen) atoms. The summed E-state index contributed by atoms with van der Waals surface area (Å²) in [6.07, 6.45) is 12.8. The number of hydrogen-bond donors (Lipinski definition) is 2. The molecule has 0 heterocycles. The molecule has 244 valence electrons. The van der Waals surface area contributed by atoms with E-state index in [2.05, 4.69) is 17.0 Å². The molecule has 2 aromatic rings. The number of rotatable bonds is 18. The van der Waals surface area contributed by atoms with Crippen molar-refractivity contribution in [2.45, 2.75) is 91.9 Å². The normalized spacial score (nSPS) is 12.2. The van der Waals surface area contributed by atoms with E-state index in [-0.39, 0.29) is 17.4 Å². The molecule has 1 amide bonds. The second-order valence-electron chi connectivity index (χ2n) is 11.2. The molecule has 0 saturated heterocycles. The number of ether oxygens (including phenoxy) is 1. The first-order valence-electron chi connectivity index (χ1n) is 15.1. The Morgan fingerprint density at radius 3 is 1.88 bits per heavy atom. The lowest BCUT2D eigenvalue weighted by atomic mass is 10.1. The van der Waals surface area contributed by atoms with Crippen molar-refractivity contribution >= 4 is 48.7 Å². The largest absolute Gasteiger partial charge is 0.496 e. The molecule has 1 atom stereocenters. The van der Waals surface area contributed by atoms with Gasteiger partial charge in [-0.2, -0.15) is 0 Å². The number of carbonyl (C=O) groups excluding carboxylic acids is 1. The molecule has 8 nitrogen and oxygen atoms in total. The van der Waals surface area contributed by atoms with Gasteiger partial charge in [-0.1, -0.05) is 83.2 Å². The number of halogens is 1. The van der Waals surface area contributed by atoms with E-state index in [0.717, 1.165) is 36.0 Å². The predicted molar refractivity (Wildman–Crippen MR) is 181 cm³/mol. The molecule has 1 unspecified atom stereocenters. The van der Waals surface area contributed by atoms with E-state index in [1.54, 1.807) is 44.4 Å². The number of sulfone groups is 1. The van der Waals surface area contributed by atoms with Gasteiger partial charge in [0.2, 0.25) is 15.9 Å². The van der Waals surface area contributed by atoms with Crippen LogP contribution in [0, 0.1) is 19.8 Å². The predicted octanol–water partition coefficient (Wildman–Crippen LogP) is 7.93. The van der Waals surface area contributed by atoms with Crippen molar-refractivity contribution in [2.75, 3.05) is 34.9 Å². The summed E-state index contributed by atoms with van der Waals surface area (Å²) >= 11 is 5.77. The van der Waals surface area contributed by atoms with Crippen molar-refractivity contribution in [3.05, 3.63) is 52.5 Å². The number of nitrogens with one attached hydrogen (secondary N) is 2. The van der Waals surface area contributed by atoms with Gasteiger partial charge in [-0.05, 0) is 67.8 Å². The van der Waals surface area contributed by atoms with Crippen molar-refractivity contribution in [1.29, 1.82) is 0 Å². The summed E-state index contributed by atoms with van der Waals surface area (Å²) < 4.78 is 54.0. The van der Waals surface area contributed by atoms with Gasteiger partial charge >= 0.3 is 0 Å². The molecule has 0 aromatic heterocycles. The first-order chi connectivity index (χ1) is 20.2. The van der Waals surface area contributed by atoms with Crippen LogP contribution in [0.2, 0.25) is 5.02 Å². The van der Waals surface area contributed by atoms with Gasteiger partial charge in [-0.25, -0.2) is 16.8 Å². The minimum absolute atomic E-state index is 0.106. The van der Waals surface area contributed by atoms with Crippen LogP contribution in [-0.2, 0) is 24.7 Å². The van der Waals surface area contributed by atoms with Crippen LogP contribution in [0.4, 0.5) is 11.4 Å². The number of hydrogen-bond acceptors (Lipinski definition) is 6. The zero-order valence-corrected chi connectivity index (χ0v) is 29.1. The van der Waals surface area contributed by atoms with Crippen LogP contribution in [0.1, 0.15) is 89.2 Å². The Morgan fingerprint density at radius 2 is 1.37 bits per heavy atom. The lowest BCUT2D eigenvalue weighted by molar-refractivity contribution is -0.118. The molecule has 0 spiro atoms. The molecule has 0 saturated carbocycles. The molecular formula is C32H51ClN2O6S2. The molecule has 2 rings (SSSR count). The van der Waals surface area contributed by atoms with Crippen LogP contribution >= 0.6 is 11.6 Å². The zero-order valence-electron chi connectivity index (χ0n) is 26.7. The van der Waals surface area contributed by atoms with Gasteiger partial charge in [0, 0.05) is 22.3 Å². The van der Waals surface area contributed by atoms with Crippen LogP contribution in [-0.4, -0.2) is 47.6 Å². The molecule has 0 radical (unpaired) electrons. The summed E-state index contributed by atoms with van der Waals surface area (Å²) in [4.78, 5) is 12.4. The highest BCUT2D eigenvalue weighted by Crippen LogP contribution is 2.22. The van der Waals surface area contributed by atoms with Gasteiger partial charge in [0.15, 0.2) is 9.84 Å². The highest BCUT2D eigenvalue weighted by molar-refractivity contribution is 7.92. The van der Waals surface area contributed by atoms with E-state index in [9.17, 15) is 21.6 Å². The first-order valence-corrected chi connectivity index (χ1v) is 19.2. The van der Waals surface area contributed by atoms with Gasteiger partial charge in [0.05, 0.1) is 24.9 Å². The highest BCUT2D eigenvalue weighted by Gasteiger charge is 2.21. The number of sulfonamides is 1. The maximum Gasteiger partial charge on any atom is 0.229 e. The van der Waals surface area contributed by atoms with Crippen molar-refractivity contribution in [2.24, 2.45) is 5.92 Å². The number of anilines is 2.